The number of aromatic nitrogens is 2. The molecule has 9 aromatic rings. The molecule has 0 spiro atoms. The molecule has 2 heterocycles. The van der Waals surface area contributed by atoms with E-state index in [1.807, 2.05) is 83.1 Å². The second kappa shape index (κ2) is 17.4. The monoisotopic (exact) mass is 1060 g/mol. The molecule has 0 unspecified atom stereocenters. The molecular formula is C62H56F12N2. The molecule has 0 radical (unpaired) electrons. The van der Waals surface area contributed by atoms with Gasteiger partial charge >= 0.3 is 24.7 Å². The van der Waals surface area contributed by atoms with Gasteiger partial charge in [-0.1, -0.05) is 132 Å². The van der Waals surface area contributed by atoms with Crippen LogP contribution < -0.4 is 0 Å². The predicted molar refractivity (Wildman–Crippen MR) is 281 cm³/mol. The van der Waals surface area contributed by atoms with Crippen molar-refractivity contribution in [3.63, 3.8) is 0 Å². The Balaban J connectivity index is 1.69. The fourth-order valence-corrected chi connectivity index (χ4v) is 10.4. The molecule has 7 aromatic carbocycles. The van der Waals surface area contributed by atoms with Gasteiger partial charge in [-0.25, -0.2) is 0 Å². The molecule has 0 aliphatic rings. The lowest BCUT2D eigenvalue weighted by Crippen LogP contribution is -2.23. The smallest absolute Gasteiger partial charge is 0.308 e. The SMILES string of the molecule is CC(C)(C)c1ccc2c(c1)c1cc(C(C)(C)C)ccc1n2-c1c(-c2cccc(C(F)(F)F)c2)c(C(F)(F)F)c(-c2cccc(C(F)(F)F)c2)c(-n2c3ccc(C(C)(C)C)cc3c3cc(C(C)(C)C)ccc32)c1C(F)(F)F. The van der Waals surface area contributed by atoms with Crippen molar-refractivity contribution in [2.45, 2.75) is 129 Å². The molecule has 0 fully saturated rings. The van der Waals surface area contributed by atoms with Crippen LogP contribution in [0.3, 0.4) is 0 Å². The maximum absolute atomic E-state index is 17.7. The lowest BCUT2D eigenvalue weighted by molar-refractivity contribution is -0.140. The highest BCUT2D eigenvalue weighted by molar-refractivity contribution is 6.13. The molecule has 0 aliphatic carbocycles. The zero-order valence-corrected chi connectivity index (χ0v) is 44.0. The molecular weight excluding hydrogens is 1000 g/mol. The zero-order valence-electron chi connectivity index (χ0n) is 44.0. The van der Waals surface area contributed by atoms with Crippen LogP contribution in [0.4, 0.5) is 52.7 Å². The molecule has 0 saturated heterocycles. The van der Waals surface area contributed by atoms with E-state index in [0.29, 0.717) is 45.8 Å². The molecule has 76 heavy (non-hydrogen) atoms. The number of halogens is 12. The molecule has 0 amide bonds. The Bertz CT molecular complexity index is 3410. The number of benzene rings is 7. The zero-order chi connectivity index (χ0) is 56.0. The predicted octanol–water partition coefficient (Wildman–Crippen LogP) is 20.5. The highest BCUT2D eigenvalue weighted by atomic mass is 19.4. The van der Waals surface area contributed by atoms with Crippen LogP contribution >= 0.6 is 0 Å². The van der Waals surface area contributed by atoms with E-state index >= 15 is 26.3 Å². The van der Waals surface area contributed by atoms with Gasteiger partial charge in [0.05, 0.1) is 50.1 Å². The standard InChI is InChI=1S/C62H56F12N2/c1-55(2,3)35-19-23-45-41(29-35)42-30-36(56(4,5)6)20-24-46(42)75(45)53-49(33-15-13-17-39(27-33)59(63,64)65)51(61(69,70)71)50(34-16-14-18-40(28-34)60(66,67)68)54(52(53)62(72,73)74)76-47-25-21-37(57(7,8)9)31-43(47)44-32-38(58(10,11)12)22-26-48(44)76/h13-32H,1-12H3. The van der Waals surface area contributed by atoms with Gasteiger partial charge in [0, 0.05) is 32.7 Å². The summed E-state index contributed by atoms with van der Waals surface area (Å²) in [5, 5.41) is 1.37. The minimum absolute atomic E-state index is 0.00876. The van der Waals surface area contributed by atoms with Gasteiger partial charge in [0.1, 0.15) is 5.56 Å². The fourth-order valence-electron chi connectivity index (χ4n) is 10.4. The van der Waals surface area contributed by atoms with Crippen LogP contribution in [0.5, 0.6) is 0 Å². The average molecular weight is 1060 g/mol. The maximum Gasteiger partial charge on any atom is 0.420 e. The summed E-state index contributed by atoms with van der Waals surface area (Å²) in [7, 11) is 0. The van der Waals surface area contributed by atoms with Gasteiger partial charge < -0.3 is 9.13 Å². The maximum atomic E-state index is 17.7. The topological polar surface area (TPSA) is 9.86 Å². The van der Waals surface area contributed by atoms with E-state index in [4.69, 9.17) is 0 Å². The molecule has 0 N–H and O–H groups in total. The van der Waals surface area contributed by atoms with Crippen molar-refractivity contribution in [1.82, 2.24) is 9.13 Å². The number of alkyl halides is 12. The number of rotatable bonds is 4. The van der Waals surface area contributed by atoms with Crippen LogP contribution in [0.15, 0.2) is 121 Å². The van der Waals surface area contributed by atoms with Gasteiger partial charge in [0.15, 0.2) is 0 Å². The molecule has 9 rings (SSSR count). The van der Waals surface area contributed by atoms with Crippen molar-refractivity contribution >= 4 is 43.6 Å². The van der Waals surface area contributed by atoms with E-state index in [-0.39, 0.29) is 22.1 Å². The second-order valence-corrected chi connectivity index (χ2v) is 23.9. The Kier molecular flexibility index (Phi) is 12.4. The number of hydrogen-bond acceptors (Lipinski definition) is 0. The summed E-state index contributed by atoms with van der Waals surface area (Å²) >= 11 is 0. The molecule has 0 aliphatic heterocycles. The van der Waals surface area contributed by atoms with Crippen LogP contribution in [0, 0.1) is 0 Å². The van der Waals surface area contributed by atoms with Crippen LogP contribution in [0.25, 0.3) is 77.2 Å². The molecule has 398 valence electrons. The van der Waals surface area contributed by atoms with E-state index in [1.54, 1.807) is 48.5 Å². The van der Waals surface area contributed by atoms with Gasteiger partial charge in [-0.2, -0.15) is 52.7 Å². The summed E-state index contributed by atoms with van der Waals surface area (Å²) in [6, 6.07) is 24.8. The lowest BCUT2D eigenvalue weighted by atomic mass is 9.83. The first-order chi connectivity index (χ1) is 34.8. The van der Waals surface area contributed by atoms with E-state index in [2.05, 4.69) is 0 Å². The molecule has 0 atom stereocenters. The summed E-state index contributed by atoms with van der Waals surface area (Å²) in [6.07, 6.45) is -21.9. The summed E-state index contributed by atoms with van der Waals surface area (Å²) in [5.41, 5.74) is -12.8. The highest BCUT2D eigenvalue weighted by Crippen LogP contribution is 2.57. The quantitative estimate of drug-likeness (QED) is 0.156. The van der Waals surface area contributed by atoms with Gasteiger partial charge in [-0.05, 0) is 128 Å². The van der Waals surface area contributed by atoms with Crippen molar-refractivity contribution in [2.75, 3.05) is 0 Å². The first-order valence-electron chi connectivity index (χ1n) is 24.7. The van der Waals surface area contributed by atoms with Crippen molar-refractivity contribution in [3.05, 3.63) is 166 Å². The third-order valence-electron chi connectivity index (χ3n) is 14.4. The highest BCUT2D eigenvalue weighted by Gasteiger charge is 2.49. The van der Waals surface area contributed by atoms with Crippen LogP contribution in [-0.2, 0) is 46.4 Å². The van der Waals surface area contributed by atoms with Gasteiger partial charge in [-0.15, -0.1) is 0 Å². The number of hydrogen-bond donors (Lipinski definition) is 0. The van der Waals surface area contributed by atoms with Crippen molar-refractivity contribution in [3.8, 4) is 33.6 Å². The molecule has 14 heteroatoms. The average Bonchev–Trinajstić information content (AvgIpc) is 3.81. The Labute approximate surface area is 433 Å². The van der Waals surface area contributed by atoms with E-state index < -0.39 is 102 Å². The summed E-state index contributed by atoms with van der Waals surface area (Å²) in [4.78, 5) is 0. The van der Waals surface area contributed by atoms with Crippen molar-refractivity contribution < 1.29 is 52.7 Å². The van der Waals surface area contributed by atoms with Gasteiger partial charge in [0.25, 0.3) is 0 Å². The van der Waals surface area contributed by atoms with Crippen molar-refractivity contribution in [1.29, 1.82) is 0 Å². The fraction of sp³-hybridized carbons (Fsp3) is 0.323. The Morgan fingerprint density at radius 3 is 0.763 bits per heavy atom. The Morgan fingerprint density at radius 2 is 0.539 bits per heavy atom. The largest absolute Gasteiger partial charge is 0.420 e. The molecule has 2 aromatic heterocycles. The minimum Gasteiger partial charge on any atom is -0.308 e. The molecule has 0 bridgehead atoms. The van der Waals surface area contributed by atoms with E-state index in [1.165, 1.54) is 24.3 Å². The second-order valence-electron chi connectivity index (χ2n) is 23.9. The van der Waals surface area contributed by atoms with E-state index in [9.17, 15) is 26.3 Å². The van der Waals surface area contributed by atoms with E-state index in [0.717, 1.165) is 55.7 Å². The van der Waals surface area contributed by atoms with Gasteiger partial charge in [-0.3, -0.25) is 0 Å². The lowest BCUT2D eigenvalue weighted by Gasteiger charge is -2.31. The molecule has 2 nitrogen and oxygen atoms in total. The summed E-state index contributed by atoms with van der Waals surface area (Å²) in [5.74, 6) is 0. The number of nitrogens with zero attached hydrogens (tertiary/aromatic N) is 2. The number of fused-ring (bicyclic) bond motifs is 6. The normalized spacial score (nSPS) is 13.8. The Morgan fingerprint density at radius 1 is 0.276 bits per heavy atom. The first-order valence-corrected chi connectivity index (χ1v) is 24.7. The molecule has 0 saturated carbocycles. The first kappa shape index (κ1) is 54.1. The minimum atomic E-state index is -5.78. The van der Waals surface area contributed by atoms with Crippen LogP contribution in [-0.4, -0.2) is 9.13 Å². The third-order valence-corrected chi connectivity index (χ3v) is 14.4. The summed E-state index contributed by atoms with van der Waals surface area (Å²) < 4.78 is 196. The van der Waals surface area contributed by atoms with Crippen LogP contribution in [0.2, 0.25) is 0 Å². The summed E-state index contributed by atoms with van der Waals surface area (Å²) in [6.45, 7) is 23.0. The van der Waals surface area contributed by atoms with Crippen molar-refractivity contribution in [2.24, 2.45) is 0 Å². The Hall–Kier alpha value is -6.70. The van der Waals surface area contributed by atoms with Crippen LogP contribution in [0.1, 0.15) is 128 Å². The van der Waals surface area contributed by atoms with Gasteiger partial charge in [0.2, 0.25) is 0 Å². The third kappa shape index (κ3) is 9.41.